The van der Waals surface area contributed by atoms with Crippen molar-refractivity contribution in [2.45, 2.75) is 17.9 Å². The molecule has 0 bridgehead atoms. The lowest BCUT2D eigenvalue weighted by molar-refractivity contribution is -0.116. The molecular formula is C24H22N2O2S. The fraction of sp³-hybridized carbons (Fsp3) is 0.167. The molecule has 0 aliphatic carbocycles. The number of nitrogens with one attached hydrogen (secondary N) is 1. The maximum atomic E-state index is 12.8. The van der Waals surface area contributed by atoms with E-state index in [2.05, 4.69) is 11.4 Å². The zero-order valence-corrected chi connectivity index (χ0v) is 16.8. The molecule has 146 valence electrons. The van der Waals surface area contributed by atoms with Gasteiger partial charge in [-0.3, -0.25) is 9.59 Å². The van der Waals surface area contributed by atoms with E-state index in [0.29, 0.717) is 17.9 Å². The lowest BCUT2D eigenvalue weighted by Gasteiger charge is -2.17. The fourth-order valence-electron chi connectivity index (χ4n) is 3.47. The van der Waals surface area contributed by atoms with Gasteiger partial charge in [0, 0.05) is 23.7 Å². The minimum atomic E-state index is -0.129. The van der Waals surface area contributed by atoms with Gasteiger partial charge < -0.3 is 10.2 Å². The van der Waals surface area contributed by atoms with Crippen molar-refractivity contribution in [2.24, 2.45) is 0 Å². The zero-order valence-electron chi connectivity index (χ0n) is 16.0. The van der Waals surface area contributed by atoms with Crippen LogP contribution in [0.3, 0.4) is 0 Å². The number of carbonyl (C=O) groups is 2. The average molecular weight is 403 g/mol. The van der Waals surface area contributed by atoms with Crippen LogP contribution in [0.2, 0.25) is 0 Å². The highest BCUT2D eigenvalue weighted by molar-refractivity contribution is 8.00. The normalized spacial score (nSPS) is 12.5. The van der Waals surface area contributed by atoms with E-state index < -0.39 is 0 Å². The summed E-state index contributed by atoms with van der Waals surface area (Å²) in [5, 5.41) is 2.96. The van der Waals surface area contributed by atoms with Gasteiger partial charge >= 0.3 is 0 Å². The van der Waals surface area contributed by atoms with Gasteiger partial charge in [0.25, 0.3) is 5.91 Å². The van der Waals surface area contributed by atoms with Gasteiger partial charge in [-0.25, -0.2) is 0 Å². The first-order valence-corrected chi connectivity index (χ1v) is 10.6. The number of nitrogens with zero attached hydrogens (tertiary/aromatic N) is 1. The summed E-state index contributed by atoms with van der Waals surface area (Å²) in [4.78, 5) is 28.1. The van der Waals surface area contributed by atoms with Gasteiger partial charge in [0.15, 0.2) is 0 Å². The molecule has 0 unspecified atom stereocenters. The van der Waals surface area contributed by atoms with Crippen LogP contribution < -0.4 is 10.2 Å². The molecule has 0 spiro atoms. The Morgan fingerprint density at radius 1 is 0.897 bits per heavy atom. The first kappa shape index (κ1) is 19.3. The SMILES string of the molecule is O=C(NCc1ccccc1)c1ccccc1SCC(=O)N1CCc2ccccc21. The summed E-state index contributed by atoms with van der Waals surface area (Å²) < 4.78 is 0. The number of anilines is 1. The number of amides is 2. The number of hydrogen-bond donors (Lipinski definition) is 1. The molecule has 0 saturated heterocycles. The fourth-order valence-corrected chi connectivity index (χ4v) is 4.39. The molecule has 2 amide bonds. The molecule has 3 aromatic carbocycles. The Hall–Kier alpha value is -3.05. The number of hydrogen-bond acceptors (Lipinski definition) is 3. The zero-order chi connectivity index (χ0) is 20.1. The quantitative estimate of drug-likeness (QED) is 0.626. The topological polar surface area (TPSA) is 49.4 Å². The molecule has 1 heterocycles. The number of benzene rings is 3. The molecule has 1 aliphatic rings. The van der Waals surface area contributed by atoms with Crippen molar-refractivity contribution >= 4 is 29.3 Å². The van der Waals surface area contributed by atoms with Crippen molar-refractivity contribution in [1.29, 1.82) is 0 Å². The maximum absolute atomic E-state index is 12.8. The number of rotatable bonds is 6. The van der Waals surface area contributed by atoms with Crippen molar-refractivity contribution in [3.8, 4) is 0 Å². The summed E-state index contributed by atoms with van der Waals surface area (Å²) in [6.07, 6.45) is 0.894. The molecule has 0 fully saturated rings. The molecule has 4 nitrogen and oxygen atoms in total. The molecule has 4 rings (SSSR count). The summed E-state index contributed by atoms with van der Waals surface area (Å²) in [5.41, 5.74) is 3.87. The summed E-state index contributed by atoms with van der Waals surface area (Å²) >= 11 is 1.41. The second-order valence-corrected chi connectivity index (χ2v) is 7.89. The van der Waals surface area contributed by atoms with Crippen LogP contribution >= 0.6 is 11.8 Å². The average Bonchev–Trinajstić information content (AvgIpc) is 3.21. The first-order valence-electron chi connectivity index (χ1n) is 9.64. The lowest BCUT2D eigenvalue weighted by Crippen LogP contribution is -2.30. The predicted molar refractivity (Wildman–Crippen MR) is 117 cm³/mol. The minimum Gasteiger partial charge on any atom is -0.348 e. The highest BCUT2D eigenvalue weighted by Gasteiger charge is 2.24. The monoisotopic (exact) mass is 402 g/mol. The molecule has 1 N–H and O–H groups in total. The van der Waals surface area contributed by atoms with Crippen LogP contribution in [0.15, 0.2) is 83.8 Å². The Kier molecular flexibility index (Phi) is 5.96. The van der Waals surface area contributed by atoms with Crippen LogP contribution in [0.5, 0.6) is 0 Å². The molecule has 1 aliphatic heterocycles. The third-order valence-corrected chi connectivity index (χ3v) is 6.03. The second-order valence-electron chi connectivity index (χ2n) is 6.88. The summed E-state index contributed by atoms with van der Waals surface area (Å²) in [6, 6.07) is 25.3. The number of thioether (sulfide) groups is 1. The lowest BCUT2D eigenvalue weighted by atomic mass is 10.2. The minimum absolute atomic E-state index is 0.0689. The highest BCUT2D eigenvalue weighted by Crippen LogP contribution is 2.29. The molecule has 0 aromatic heterocycles. The van der Waals surface area contributed by atoms with E-state index >= 15 is 0 Å². The van der Waals surface area contributed by atoms with Crippen molar-refractivity contribution in [1.82, 2.24) is 5.32 Å². The van der Waals surface area contributed by atoms with E-state index in [4.69, 9.17) is 0 Å². The van der Waals surface area contributed by atoms with Gasteiger partial charge in [0.05, 0.1) is 11.3 Å². The van der Waals surface area contributed by atoms with E-state index in [1.807, 2.05) is 71.6 Å². The van der Waals surface area contributed by atoms with E-state index in [1.54, 1.807) is 6.07 Å². The van der Waals surface area contributed by atoms with Crippen LogP contribution in [0.4, 0.5) is 5.69 Å². The van der Waals surface area contributed by atoms with E-state index in [9.17, 15) is 9.59 Å². The van der Waals surface area contributed by atoms with Crippen LogP contribution in [0.25, 0.3) is 0 Å². The molecular weight excluding hydrogens is 380 g/mol. The predicted octanol–water partition coefficient (Wildman–Crippen LogP) is 4.30. The Balaban J connectivity index is 1.40. The Morgan fingerprint density at radius 2 is 1.62 bits per heavy atom. The summed E-state index contributed by atoms with van der Waals surface area (Å²) in [5.74, 6) is 0.243. The van der Waals surface area contributed by atoms with Gasteiger partial charge in [-0.15, -0.1) is 11.8 Å². The van der Waals surface area contributed by atoms with Crippen LogP contribution in [-0.2, 0) is 17.8 Å². The Labute approximate surface area is 174 Å². The molecule has 0 radical (unpaired) electrons. The van der Waals surface area contributed by atoms with Gasteiger partial charge in [-0.1, -0.05) is 60.7 Å². The molecule has 0 atom stereocenters. The number of carbonyl (C=O) groups excluding carboxylic acids is 2. The second kappa shape index (κ2) is 8.97. The maximum Gasteiger partial charge on any atom is 0.252 e. The van der Waals surface area contributed by atoms with Crippen molar-refractivity contribution in [2.75, 3.05) is 17.2 Å². The summed E-state index contributed by atoms with van der Waals surface area (Å²) in [6.45, 7) is 1.19. The number of para-hydroxylation sites is 1. The molecule has 29 heavy (non-hydrogen) atoms. The molecule has 5 heteroatoms. The van der Waals surface area contributed by atoms with Gasteiger partial charge in [-0.2, -0.15) is 0 Å². The third-order valence-electron chi connectivity index (χ3n) is 4.97. The smallest absolute Gasteiger partial charge is 0.252 e. The van der Waals surface area contributed by atoms with Crippen LogP contribution in [-0.4, -0.2) is 24.1 Å². The highest BCUT2D eigenvalue weighted by atomic mass is 32.2. The van der Waals surface area contributed by atoms with Gasteiger partial charge in [0.1, 0.15) is 0 Å². The van der Waals surface area contributed by atoms with Crippen LogP contribution in [0.1, 0.15) is 21.5 Å². The van der Waals surface area contributed by atoms with Gasteiger partial charge in [0.2, 0.25) is 5.91 Å². The molecule has 3 aromatic rings. The van der Waals surface area contributed by atoms with Crippen LogP contribution in [0, 0.1) is 0 Å². The van der Waals surface area contributed by atoms with E-state index in [-0.39, 0.29) is 11.8 Å². The van der Waals surface area contributed by atoms with E-state index in [1.165, 1.54) is 17.3 Å². The van der Waals surface area contributed by atoms with Gasteiger partial charge in [-0.05, 0) is 35.7 Å². The third kappa shape index (κ3) is 4.51. The summed E-state index contributed by atoms with van der Waals surface area (Å²) in [7, 11) is 0. The largest absolute Gasteiger partial charge is 0.348 e. The standard InChI is InChI=1S/C24H22N2O2S/c27-23(26-15-14-19-10-4-6-12-21(19)26)17-29-22-13-7-5-11-20(22)24(28)25-16-18-8-2-1-3-9-18/h1-13H,14-17H2,(H,25,28). The van der Waals surface area contributed by atoms with Crippen molar-refractivity contribution in [3.63, 3.8) is 0 Å². The molecule has 0 saturated carbocycles. The number of fused-ring (bicyclic) bond motifs is 1. The van der Waals surface area contributed by atoms with E-state index in [0.717, 1.165) is 29.1 Å². The Morgan fingerprint density at radius 3 is 2.48 bits per heavy atom. The first-order chi connectivity index (χ1) is 14.2. The Bertz CT molecular complexity index is 1020. The van der Waals surface area contributed by atoms with Crippen molar-refractivity contribution in [3.05, 3.63) is 95.6 Å². The van der Waals surface area contributed by atoms with Crippen molar-refractivity contribution < 1.29 is 9.59 Å².